The third-order valence-corrected chi connectivity index (χ3v) is 2.15. The number of benzene rings is 1. The van der Waals surface area contributed by atoms with E-state index < -0.39 is 30.3 Å². The van der Waals surface area contributed by atoms with E-state index in [0.717, 1.165) is 12.1 Å². The molecule has 1 nitrogen and oxygen atoms in total. The predicted octanol–water partition coefficient (Wildman–Crippen LogP) is 3.63. The Balaban J connectivity index is 0.00000256. The Bertz CT molecular complexity index is 366. The van der Waals surface area contributed by atoms with Crippen LogP contribution in [0.2, 0.25) is 0 Å². The molecular weight excluding hydrogens is 265 g/mol. The molecule has 0 fully saturated rings. The molecule has 0 aliphatic rings. The van der Waals surface area contributed by atoms with Crippen LogP contribution in [0.1, 0.15) is 23.6 Å². The number of halogens is 6. The van der Waals surface area contributed by atoms with E-state index in [1.54, 1.807) is 0 Å². The normalized spacial score (nSPS) is 13.1. The monoisotopic (exact) mass is 275 g/mol. The summed E-state index contributed by atoms with van der Waals surface area (Å²) in [6.07, 6.45) is -4.98. The van der Waals surface area contributed by atoms with Crippen LogP contribution in [0.4, 0.5) is 22.0 Å². The maximum Gasteiger partial charge on any atom is 0.419 e. The van der Waals surface area contributed by atoms with Crippen LogP contribution in [0.5, 0.6) is 0 Å². The van der Waals surface area contributed by atoms with E-state index in [1.165, 1.54) is 0 Å². The number of nitrogens with two attached hydrogens (primary N) is 1. The molecule has 7 heteroatoms. The molecule has 0 bridgehead atoms. The molecule has 2 N–H and O–H groups in total. The third kappa shape index (κ3) is 3.81. The summed E-state index contributed by atoms with van der Waals surface area (Å²) >= 11 is 0. The summed E-state index contributed by atoms with van der Waals surface area (Å²) in [6.45, 7) is -0.809. The molecule has 0 amide bonds. The van der Waals surface area contributed by atoms with Crippen LogP contribution < -0.4 is 5.73 Å². The molecule has 0 spiro atoms. The lowest BCUT2D eigenvalue weighted by Crippen LogP contribution is -2.16. The van der Waals surface area contributed by atoms with E-state index in [1.807, 2.05) is 0 Å². The molecule has 1 aromatic carbocycles. The highest BCUT2D eigenvalue weighted by atomic mass is 35.5. The van der Waals surface area contributed by atoms with Crippen LogP contribution >= 0.6 is 12.4 Å². The van der Waals surface area contributed by atoms with E-state index >= 15 is 0 Å². The molecule has 1 atom stereocenters. The first kappa shape index (κ1) is 16.1. The number of hydrogen-bond donors (Lipinski definition) is 1. The summed E-state index contributed by atoms with van der Waals surface area (Å²) in [7, 11) is 0. The van der Waals surface area contributed by atoms with E-state index in [9.17, 15) is 22.0 Å². The minimum absolute atomic E-state index is 0. The molecule has 0 aromatic heterocycles. The van der Waals surface area contributed by atoms with Gasteiger partial charge in [-0.2, -0.15) is 13.2 Å². The zero-order valence-corrected chi connectivity index (χ0v) is 9.42. The second-order valence-electron chi connectivity index (χ2n) is 3.29. The van der Waals surface area contributed by atoms with Gasteiger partial charge in [0, 0.05) is 11.6 Å². The molecule has 0 unspecified atom stereocenters. The van der Waals surface area contributed by atoms with Crippen molar-refractivity contribution in [2.75, 3.05) is 6.67 Å². The lowest BCUT2D eigenvalue weighted by atomic mass is 10.0. The Morgan fingerprint density at radius 3 is 2.29 bits per heavy atom. The topological polar surface area (TPSA) is 26.0 Å². The summed E-state index contributed by atoms with van der Waals surface area (Å²) in [5.74, 6) is -1.42. The van der Waals surface area contributed by atoms with Crippen LogP contribution in [-0.2, 0) is 6.18 Å². The highest BCUT2D eigenvalue weighted by Gasteiger charge is 2.35. The first-order chi connectivity index (χ1) is 7.38. The Kier molecular flexibility index (Phi) is 5.84. The summed E-state index contributed by atoms with van der Waals surface area (Å²) < 4.78 is 62.4. The lowest BCUT2D eigenvalue weighted by Gasteiger charge is -2.15. The maximum absolute atomic E-state index is 13.4. The standard InChI is InChI=1S/C10H10F5N.ClH/c11-5-4-8(16)6-2-1-3-7(9(6)12)10(13,14)15;/h1-3,8H,4-5,16H2;1H/t8-;/m1./s1. The molecule has 98 valence electrons. The molecular formula is C10H11ClF5N. The largest absolute Gasteiger partial charge is 0.419 e. The molecule has 0 radical (unpaired) electrons. The second-order valence-corrected chi connectivity index (χ2v) is 3.29. The zero-order valence-electron chi connectivity index (χ0n) is 8.60. The molecule has 1 rings (SSSR count). The Labute approximate surface area is 101 Å². The Hall–Kier alpha value is -0.880. The fourth-order valence-electron chi connectivity index (χ4n) is 1.33. The first-order valence-electron chi connectivity index (χ1n) is 4.55. The summed E-state index contributed by atoms with van der Waals surface area (Å²) in [5.41, 5.74) is 3.68. The molecule has 0 saturated heterocycles. The quantitative estimate of drug-likeness (QED) is 0.838. The van der Waals surface area contributed by atoms with Gasteiger partial charge in [0.05, 0.1) is 12.2 Å². The summed E-state index contributed by atoms with van der Waals surface area (Å²) in [6, 6.07) is 1.75. The average Bonchev–Trinajstić information content (AvgIpc) is 2.16. The second kappa shape index (κ2) is 6.16. The summed E-state index contributed by atoms with van der Waals surface area (Å²) in [5, 5.41) is 0. The van der Waals surface area contributed by atoms with Crippen molar-refractivity contribution in [2.45, 2.75) is 18.6 Å². The van der Waals surface area contributed by atoms with Gasteiger partial charge in [-0.3, -0.25) is 4.39 Å². The van der Waals surface area contributed by atoms with E-state index in [2.05, 4.69) is 0 Å². The number of rotatable bonds is 3. The molecule has 0 aliphatic heterocycles. The third-order valence-electron chi connectivity index (χ3n) is 2.15. The minimum atomic E-state index is -4.77. The van der Waals surface area contributed by atoms with Crippen molar-refractivity contribution in [3.63, 3.8) is 0 Å². The van der Waals surface area contributed by atoms with Gasteiger partial charge in [-0.15, -0.1) is 12.4 Å². The van der Waals surface area contributed by atoms with E-state index in [-0.39, 0.29) is 24.4 Å². The van der Waals surface area contributed by atoms with Gasteiger partial charge in [0.1, 0.15) is 5.82 Å². The lowest BCUT2D eigenvalue weighted by molar-refractivity contribution is -0.140. The maximum atomic E-state index is 13.4. The fourth-order valence-corrected chi connectivity index (χ4v) is 1.33. The van der Waals surface area contributed by atoms with Crippen LogP contribution in [-0.4, -0.2) is 6.67 Å². The van der Waals surface area contributed by atoms with Gasteiger partial charge in [-0.05, 0) is 12.5 Å². The van der Waals surface area contributed by atoms with Crippen LogP contribution in [0.15, 0.2) is 18.2 Å². The van der Waals surface area contributed by atoms with Gasteiger partial charge in [0.2, 0.25) is 0 Å². The van der Waals surface area contributed by atoms with Gasteiger partial charge in [0.25, 0.3) is 0 Å². The van der Waals surface area contributed by atoms with Crippen molar-refractivity contribution < 1.29 is 22.0 Å². The SMILES string of the molecule is Cl.N[C@H](CCF)c1cccc(C(F)(F)F)c1F. The minimum Gasteiger partial charge on any atom is -0.324 e. The van der Waals surface area contributed by atoms with Crippen molar-refractivity contribution in [1.82, 2.24) is 0 Å². The van der Waals surface area contributed by atoms with Crippen molar-refractivity contribution in [3.05, 3.63) is 35.1 Å². The zero-order chi connectivity index (χ0) is 12.3. The molecule has 1 aromatic rings. The molecule has 0 heterocycles. The van der Waals surface area contributed by atoms with Gasteiger partial charge in [0.15, 0.2) is 0 Å². The smallest absolute Gasteiger partial charge is 0.324 e. The van der Waals surface area contributed by atoms with Gasteiger partial charge in [-0.25, -0.2) is 4.39 Å². The number of alkyl halides is 4. The first-order valence-corrected chi connectivity index (χ1v) is 4.55. The van der Waals surface area contributed by atoms with Gasteiger partial charge < -0.3 is 5.73 Å². The van der Waals surface area contributed by atoms with Crippen LogP contribution in [0.25, 0.3) is 0 Å². The van der Waals surface area contributed by atoms with Crippen molar-refractivity contribution >= 4 is 12.4 Å². The van der Waals surface area contributed by atoms with Gasteiger partial charge in [-0.1, -0.05) is 12.1 Å². The predicted molar refractivity (Wildman–Crippen MR) is 56.2 cm³/mol. The molecule has 0 saturated carbocycles. The van der Waals surface area contributed by atoms with Crippen LogP contribution in [0.3, 0.4) is 0 Å². The van der Waals surface area contributed by atoms with Crippen molar-refractivity contribution in [2.24, 2.45) is 5.73 Å². The van der Waals surface area contributed by atoms with Crippen molar-refractivity contribution in [3.8, 4) is 0 Å². The highest BCUT2D eigenvalue weighted by Crippen LogP contribution is 2.33. The van der Waals surface area contributed by atoms with E-state index in [0.29, 0.717) is 6.07 Å². The number of hydrogen-bond acceptors (Lipinski definition) is 1. The Morgan fingerprint density at radius 1 is 1.24 bits per heavy atom. The fraction of sp³-hybridized carbons (Fsp3) is 0.400. The summed E-state index contributed by atoms with van der Waals surface area (Å²) in [4.78, 5) is 0. The molecule has 0 aliphatic carbocycles. The van der Waals surface area contributed by atoms with Crippen LogP contribution in [0, 0.1) is 5.82 Å². The Morgan fingerprint density at radius 2 is 1.82 bits per heavy atom. The van der Waals surface area contributed by atoms with Crippen molar-refractivity contribution in [1.29, 1.82) is 0 Å². The van der Waals surface area contributed by atoms with Gasteiger partial charge >= 0.3 is 6.18 Å². The van der Waals surface area contributed by atoms with E-state index in [4.69, 9.17) is 5.73 Å². The molecule has 17 heavy (non-hydrogen) atoms. The average molecular weight is 276 g/mol. The highest BCUT2D eigenvalue weighted by molar-refractivity contribution is 5.85.